The standard InChI is InChI=1S/C23H27F4N3O2/c24-19(25)10-12-1-2-14(15(9-12)13-3-6-23(26,27)7-4-13)17-11-18(31)20-16(30-17)5-8-29-21(20)22(28)32/h5,8,11-15,19H,1-4,6-7,9-10H2,(H2,28,32)(H,30,31)/t12-,14+,15-/m0/s1. The molecule has 0 aliphatic heterocycles. The molecule has 2 saturated carbocycles. The highest BCUT2D eigenvalue weighted by Gasteiger charge is 2.43. The quantitative estimate of drug-likeness (QED) is 0.625. The van der Waals surface area contributed by atoms with E-state index < -0.39 is 18.3 Å². The monoisotopic (exact) mass is 453 g/mol. The van der Waals surface area contributed by atoms with E-state index in [1.165, 1.54) is 12.3 Å². The van der Waals surface area contributed by atoms with Crippen LogP contribution in [0.4, 0.5) is 17.6 Å². The Hall–Kier alpha value is -2.45. The molecular weight excluding hydrogens is 426 g/mol. The fourth-order valence-electron chi connectivity index (χ4n) is 5.77. The molecule has 0 unspecified atom stereocenters. The van der Waals surface area contributed by atoms with Crippen LogP contribution >= 0.6 is 0 Å². The predicted octanol–water partition coefficient (Wildman–Crippen LogP) is 5.00. The van der Waals surface area contributed by atoms with E-state index >= 15 is 0 Å². The minimum absolute atomic E-state index is 0.00193. The van der Waals surface area contributed by atoms with Gasteiger partial charge in [0, 0.05) is 43.1 Å². The van der Waals surface area contributed by atoms with E-state index in [1.807, 2.05) is 0 Å². The molecule has 3 atom stereocenters. The Morgan fingerprint density at radius 1 is 1.22 bits per heavy atom. The molecule has 2 fully saturated rings. The fraction of sp³-hybridized carbons (Fsp3) is 0.609. The normalized spacial score (nSPS) is 26.5. The van der Waals surface area contributed by atoms with E-state index in [0.717, 1.165) is 0 Å². The third-order valence-electron chi connectivity index (χ3n) is 7.28. The first-order valence-electron chi connectivity index (χ1n) is 11.1. The van der Waals surface area contributed by atoms with Crippen LogP contribution in [0, 0.1) is 17.8 Å². The van der Waals surface area contributed by atoms with Crippen LogP contribution in [0.2, 0.25) is 0 Å². The van der Waals surface area contributed by atoms with E-state index in [4.69, 9.17) is 5.73 Å². The number of fused-ring (bicyclic) bond motifs is 1. The number of nitrogens with one attached hydrogen (secondary N) is 1. The number of hydrogen-bond donors (Lipinski definition) is 2. The highest BCUT2D eigenvalue weighted by atomic mass is 19.3. The van der Waals surface area contributed by atoms with E-state index in [1.54, 1.807) is 6.07 Å². The van der Waals surface area contributed by atoms with Crippen molar-refractivity contribution in [1.29, 1.82) is 0 Å². The molecule has 0 spiro atoms. The molecule has 1 amide bonds. The summed E-state index contributed by atoms with van der Waals surface area (Å²) in [5.74, 6) is -3.81. The zero-order chi connectivity index (χ0) is 23.0. The van der Waals surface area contributed by atoms with Crippen LogP contribution in [-0.4, -0.2) is 28.2 Å². The number of primary amides is 1. The summed E-state index contributed by atoms with van der Waals surface area (Å²) in [6, 6.07) is 3.02. The maximum atomic E-state index is 13.8. The minimum atomic E-state index is -2.67. The summed E-state index contributed by atoms with van der Waals surface area (Å²) in [5, 5.41) is 0.115. The number of alkyl halides is 4. The highest BCUT2D eigenvalue weighted by Crippen LogP contribution is 2.50. The van der Waals surface area contributed by atoms with Crippen molar-refractivity contribution < 1.29 is 22.4 Å². The van der Waals surface area contributed by atoms with Gasteiger partial charge in [0.2, 0.25) is 12.3 Å². The summed E-state index contributed by atoms with van der Waals surface area (Å²) < 4.78 is 53.6. The van der Waals surface area contributed by atoms with E-state index in [2.05, 4.69) is 9.97 Å². The van der Waals surface area contributed by atoms with Crippen LogP contribution in [-0.2, 0) is 0 Å². The minimum Gasteiger partial charge on any atom is -0.364 e. The van der Waals surface area contributed by atoms with Crippen molar-refractivity contribution in [3.8, 4) is 0 Å². The van der Waals surface area contributed by atoms with Crippen LogP contribution in [0.1, 0.15) is 73.5 Å². The summed E-state index contributed by atoms with van der Waals surface area (Å²) in [7, 11) is 0. The average Bonchev–Trinajstić information content (AvgIpc) is 2.72. The van der Waals surface area contributed by atoms with Gasteiger partial charge in [-0.25, -0.2) is 17.6 Å². The number of hydrogen-bond acceptors (Lipinski definition) is 3. The van der Waals surface area contributed by atoms with Crippen molar-refractivity contribution in [2.45, 2.75) is 69.6 Å². The SMILES string of the molecule is NC(=O)c1nccc2[nH]c([C@@H]3CC[C@H](CC(F)F)C[C@H]3C3CCC(F)(F)CC3)cc(=O)c12. The molecule has 32 heavy (non-hydrogen) atoms. The number of H-pyrrole nitrogens is 1. The number of aromatic amines is 1. The molecule has 5 nitrogen and oxygen atoms in total. The van der Waals surface area contributed by atoms with Crippen LogP contribution in [0.15, 0.2) is 23.1 Å². The van der Waals surface area contributed by atoms with Gasteiger partial charge in [0.05, 0.1) is 10.9 Å². The molecule has 4 rings (SSSR count). The van der Waals surface area contributed by atoms with Crippen molar-refractivity contribution >= 4 is 16.8 Å². The summed E-state index contributed by atoms with van der Waals surface area (Å²) in [6.07, 6.45) is 0.858. The van der Waals surface area contributed by atoms with Crippen molar-refractivity contribution in [3.05, 3.63) is 39.9 Å². The van der Waals surface area contributed by atoms with Gasteiger partial charge in [-0.1, -0.05) is 0 Å². The lowest BCUT2D eigenvalue weighted by Crippen LogP contribution is -2.35. The highest BCUT2D eigenvalue weighted by molar-refractivity contribution is 6.03. The van der Waals surface area contributed by atoms with E-state index in [-0.39, 0.29) is 59.4 Å². The number of carbonyl (C=O) groups is 1. The summed E-state index contributed by atoms with van der Waals surface area (Å²) in [6.45, 7) is 0. The molecule has 0 aromatic carbocycles. The van der Waals surface area contributed by atoms with Gasteiger partial charge in [0.1, 0.15) is 5.69 Å². The van der Waals surface area contributed by atoms with Gasteiger partial charge in [-0.3, -0.25) is 14.6 Å². The van der Waals surface area contributed by atoms with Crippen LogP contribution in [0.3, 0.4) is 0 Å². The molecular formula is C23H27F4N3O2. The summed E-state index contributed by atoms with van der Waals surface area (Å²) in [4.78, 5) is 31.7. The predicted molar refractivity (Wildman–Crippen MR) is 112 cm³/mol. The second kappa shape index (κ2) is 8.83. The number of halogens is 4. The molecule has 0 bridgehead atoms. The van der Waals surface area contributed by atoms with Crippen LogP contribution in [0.25, 0.3) is 10.9 Å². The number of pyridine rings is 2. The molecule has 2 aromatic heterocycles. The molecule has 0 radical (unpaired) electrons. The maximum absolute atomic E-state index is 13.8. The molecule has 2 aromatic rings. The Kier molecular flexibility index (Phi) is 6.27. The van der Waals surface area contributed by atoms with Crippen molar-refractivity contribution in [2.24, 2.45) is 23.5 Å². The van der Waals surface area contributed by atoms with Crippen molar-refractivity contribution in [1.82, 2.24) is 9.97 Å². The second-order valence-electron chi connectivity index (χ2n) is 9.30. The van der Waals surface area contributed by atoms with Crippen LogP contribution in [0.5, 0.6) is 0 Å². The molecule has 0 saturated heterocycles. The van der Waals surface area contributed by atoms with Gasteiger partial charge in [-0.05, 0) is 55.9 Å². The molecule has 9 heteroatoms. The Bertz CT molecular complexity index is 1050. The Labute approximate surface area is 182 Å². The lowest BCUT2D eigenvalue weighted by molar-refractivity contribution is -0.0581. The first-order chi connectivity index (χ1) is 15.1. The number of nitrogens with two attached hydrogens (primary N) is 1. The zero-order valence-corrected chi connectivity index (χ0v) is 17.6. The van der Waals surface area contributed by atoms with Crippen molar-refractivity contribution in [3.63, 3.8) is 0 Å². The molecule has 2 aliphatic carbocycles. The fourth-order valence-corrected chi connectivity index (χ4v) is 5.77. The number of carbonyl (C=O) groups excluding carboxylic acids is 1. The van der Waals surface area contributed by atoms with E-state index in [9.17, 15) is 27.2 Å². The second-order valence-corrected chi connectivity index (χ2v) is 9.30. The molecule has 3 N–H and O–H groups in total. The maximum Gasteiger partial charge on any atom is 0.268 e. The summed E-state index contributed by atoms with van der Waals surface area (Å²) >= 11 is 0. The van der Waals surface area contributed by atoms with Gasteiger partial charge in [-0.15, -0.1) is 0 Å². The third kappa shape index (κ3) is 4.66. The van der Waals surface area contributed by atoms with Gasteiger partial charge < -0.3 is 10.7 Å². The van der Waals surface area contributed by atoms with Gasteiger partial charge in [0.15, 0.2) is 5.43 Å². The van der Waals surface area contributed by atoms with E-state index in [0.29, 0.717) is 43.3 Å². The number of nitrogens with zero attached hydrogens (tertiary/aromatic N) is 1. The lowest BCUT2D eigenvalue weighted by atomic mass is 9.63. The number of rotatable bonds is 5. The largest absolute Gasteiger partial charge is 0.364 e. The Balaban J connectivity index is 1.69. The number of amides is 1. The first-order valence-corrected chi connectivity index (χ1v) is 11.1. The van der Waals surface area contributed by atoms with Gasteiger partial charge in [-0.2, -0.15) is 0 Å². The third-order valence-corrected chi connectivity index (χ3v) is 7.28. The Morgan fingerprint density at radius 2 is 1.94 bits per heavy atom. The Morgan fingerprint density at radius 3 is 2.59 bits per heavy atom. The molecule has 174 valence electrons. The average molecular weight is 453 g/mol. The topological polar surface area (TPSA) is 88.8 Å². The smallest absolute Gasteiger partial charge is 0.268 e. The van der Waals surface area contributed by atoms with Gasteiger partial charge >= 0.3 is 0 Å². The molecule has 2 heterocycles. The van der Waals surface area contributed by atoms with Crippen molar-refractivity contribution in [2.75, 3.05) is 0 Å². The summed E-state index contributed by atoms with van der Waals surface area (Å²) in [5.41, 5.74) is 5.94. The zero-order valence-electron chi connectivity index (χ0n) is 17.6. The molecule has 2 aliphatic rings. The first kappa shape index (κ1) is 22.7. The van der Waals surface area contributed by atoms with Gasteiger partial charge in [0.25, 0.3) is 5.91 Å². The number of aromatic nitrogens is 2. The van der Waals surface area contributed by atoms with Crippen LogP contribution < -0.4 is 11.2 Å². The lowest BCUT2D eigenvalue weighted by Gasteiger charge is -2.43.